The van der Waals surface area contributed by atoms with E-state index in [-0.39, 0.29) is 16.7 Å². The van der Waals surface area contributed by atoms with Crippen molar-refractivity contribution < 1.29 is 18.0 Å². The summed E-state index contributed by atoms with van der Waals surface area (Å²) in [5.74, 6) is -0.553. The summed E-state index contributed by atoms with van der Waals surface area (Å²) in [6, 6.07) is 3.56. The third-order valence-corrected chi connectivity index (χ3v) is 3.15. The number of rotatable bonds is 3. The van der Waals surface area contributed by atoms with Crippen molar-refractivity contribution in [3.63, 3.8) is 0 Å². The van der Waals surface area contributed by atoms with Gasteiger partial charge in [0, 0.05) is 11.0 Å². The zero-order valence-corrected chi connectivity index (χ0v) is 12.0. The molecule has 0 aliphatic heterocycles. The molecule has 1 aromatic rings. The molecule has 0 radical (unpaired) electrons. The van der Waals surface area contributed by atoms with Gasteiger partial charge in [0.2, 0.25) is 5.91 Å². The molecular weight excluding hydrogens is 325 g/mol. The summed E-state index contributed by atoms with van der Waals surface area (Å²) in [6.45, 7) is 3.17. The molecule has 0 saturated heterocycles. The Balaban J connectivity index is 3.12. The van der Waals surface area contributed by atoms with Crippen molar-refractivity contribution in [3.8, 4) is 0 Å². The lowest BCUT2D eigenvalue weighted by Crippen LogP contribution is -2.37. The minimum Gasteiger partial charge on any atom is -0.329 e. The first-order valence-corrected chi connectivity index (χ1v) is 6.25. The third kappa shape index (κ3) is 3.94. The van der Waals surface area contributed by atoms with Gasteiger partial charge in [-0.3, -0.25) is 4.79 Å². The van der Waals surface area contributed by atoms with Gasteiger partial charge in [0.15, 0.2) is 0 Å². The minimum absolute atomic E-state index is 0.0384. The second-order valence-corrected chi connectivity index (χ2v) is 5.65. The molecule has 0 spiro atoms. The van der Waals surface area contributed by atoms with E-state index in [0.29, 0.717) is 0 Å². The van der Waals surface area contributed by atoms with E-state index < -0.39 is 23.1 Å². The highest BCUT2D eigenvalue weighted by atomic mass is 79.9. The average Bonchev–Trinajstić information content (AvgIpc) is 2.30. The number of nitrogens with one attached hydrogen (secondary N) is 1. The second-order valence-electron chi connectivity index (χ2n) is 4.73. The van der Waals surface area contributed by atoms with Crippen LogP contribution in [0.15, 0.2) is 22.7 Å². The Morgan fingerprint density at radius 1 is 1.37 bits per heavy atom. The molecule has 0 bridgehead atoms. The number of halogens is 4. The van der Waals surface area contributed by atoms with Gasteiger partial charge in [-0.15, -0.1) is 0 Å². The molecule has 0 fully saturated rings. The van der Waals surface area contributed by atoms with Crippen molar-refractivity contribution in [2.45, 2.75) is 20.0 Å². The fraction of sp³-hybridized carbons (Fsp3) is 0.417. The van der Waals surface area contributed by atoms with Crippen molar-refractivity contribution in [1.82, 2.24) is 0 Å². The number of carbonyl (C=O) groups is 1. The van der Waals surface area contributed by atoms with Crippen LogP contribution in [0.25, 0.3) is 0 Å². The highest BCUT2D eigenvalue weighted by Gasteiger charge is 2.35. The van der Waals surface area contributed by atoms with E-state index >= 15 is 0 Å². The van der Waals surface area contributed by atoms with Crippen LogP contribution >= 0.6 is 15.9 Å². The smallest absolute Gasteiger partial charge is 0.329 e. The summed E-state index contributed by atoms with van der Waals surface area (Å²) in [4.78, 5) is 11.9. The van der Waals surface area contributed by atoms with E-state index in [1.54, 1.807) is 13.8 Å². The van der Waals surface area contributed by atoms with Gasteiger partial charge in [-0.05, 0) is 32.0 Å². The summed E-state index contributed by atoms with van der Waals surface area (Å²) >= 11 is 2.98. The van der Waals surface area contributed by atoms with Gasteiger partial charge in [-0.2, -0.15) is 13.2 Å². The Morgan fingerprint density at radius 2 is 1.95 bits per heavy atom. The fourth-order valence-corrected chi connectivity index (χ4v) is 1.61. The molecule has 0 saturated carbocycles. The normalized spacial score (nSPS) is 12.4. The lowest BCUT2D eigenvalue weighted by molar-refractivity contribution is -0.137. The van der Waals surface area contributed by atoms with Gasteiger partial charge < -0.3 is 11.1 Å². The van der Waals surface area contributed by atoms with Crippen molar-refractivity contribution >= 4 is 27.5 Å². The average molecular weight is 339 g/mol. The summed E-state index contributed by atoms with van der Waals surface area (Å²) < 4.78 is 38.9. The van der Waals surface area contributed by atoms with E-state index in [2.05, 4.69) is 21.2 Å². The first-order chi connectivity index (χ1) is 8.58. The van der Waals surface area contributed by atoms with Crippen molar-refractivity contribution in [1.29, 1.82) is 0 Å². The Morgan fingerprint density at radius 3 is 2.42 bits per heavy atom. The van der Waals surface area contributed by atoms with Gasteiger partial charge in [0.25, 0.3) is 0 Å². The van der Waals surface area contributed by atoms with Gasteiger partial charge in [-0.25, -0.2) is 0 Å². The number of nitrogens with two attached hydrogens (primary N) is 1. The van der Waals surface area contributed by atoms with Crippen LogP contribution in [0.1, 0.15) is 19.4 Å². The zero-order valence-electron chi connectivity index (χ0n) is 10.4. The molecule has 7 heteroatoms. The zero-order chi connectivity index (χ0) is 14.8. The van der Waals surface area contributed by atoms with E-state index in [0.717, 1.165) is 6.07 Å². The lowest BCUT2D eigenvalue weighted by atomic mass is 9.92. The Labute approximate surface area is 117 Å². The minimum atomic E-state index is -4.54. The van der Waals surface area contributed by atoms with Crippen molar-refractivity contribution in [2.24, 2.45) is 11.1 Å². The molecule has 0 aromatic heterocycles. The first kappa shape index (κ1) is 16.0. The van der Waals surface area contributed by atoms with Gasteiger partial charge >= 0.3 is 6.18 Å². The standard InChI is InChI=1S/C12H14BrF3N2O/c1-11(2,6-17)10(19)18-9-4-3-7(13)5-8(9)12(14,15)16/h3-5H,6,17H2,1-2H3,(H,18,19). The van der Waals surface area contributed by atoms with Gasteiger partial charge in [-0.1, -0.05) is 15.9 Å². The summed E-state index contributed by atoms with van der Waals surface area (Å²) in [6.07, 6.45) is -4.54. The molecule has 0 atom stereocenters. The highest BCUT2D eigenvalue weighted by Crippen LogP contribution is 2.37. The number of hydrogen-bond donors (Lipinski definition) is 2. The van der Waals surface area contributed by atoms with Crippen LogP contribution in [-0.4, -0.2) is 12.5 Å². The number of benzene rings is 1. The topological polar surface area (TPSA) is 55.1 Å². The molecule has 3 nitrogen and oxygen atoms in total. The van der Waals surface area contributed by atoms with Crippen LogP contribution in [0.3, 0.4) is 0 Å². The number of alkyl halides is 3. The Kier molecular flexibility index (Phi) is 4.63. The third-order valence-electron chi connectivity index (χ3n) is 2.66. The van der Waals surface area contributed by atoms with Crippen LogP contribution in [0, 0.1) is 5.41 Å². The molecule has 0 aliphatic rings. The fourth-order valence-electron chi connectivity index (χ4n) is 1.24. The molecule has 1 rings (SSSR count). The number of carbonyl (C=O) groups excluding carboxylic acids is 1. The van der Waals surface area contributed by atoms with Gasteiger partial charge in [0.1, 0.15) is 0 Å². The quantitative estimate of drug-likeness (QED) is 0.887. The number of hydrogen-bond acceptors (Lipinski definition) is 2. The van der Waals surface area contributed by atoms with Crippen LogP contribution in [0.4, 0.5) is 18.9 Å². The van der Waals surface area contributed by atoms with Crippen molar-refractivity contribution in [3.05, 3.63) is 28.2 Å². The Bertz CT molecular complexity index is 486. The summed E-state index contributed by atoms with van der Waals surface area (Å²) in [7, 11) is 0. The molecule has 0 unspecified atom stereocenters. The first-order valence-electron chi connectivity index (χ1n) is 5.46. The van der Waals surface area contributed by atoms with Crippen LogP contribution in [-0.2, 0) is 11.0 Å². The van der Waals surface area contributed by atoms with E-state index in [9.17, 15) is 18.0 Å². The molecule has 1 amide bonds. The van der Waals surface area contributed by atoms with Crippen LogP contribution < -0.4 is 11.1 Å². The van der Waals surface area contributed by atoms with E-state index in [4.69, 9.17) is 5.73 Å². The highest BCUT2D eigenvalue weighted by molar-refractivity contribution is 9.10. The maximum absolute atomic E-state index is 12.9. The molecular formula is C12H14BrF3N2O. The monoisotopic (exact) mass is 338 g/mol. The SMILES string of the molecule is CC(C)(CN)C(=O)Nc1ccc(Br)cc1C(F)(F)F. The Hall–Kier alpha value is -1.08. The molecule has 3 N–H and O–H groups in total. The molecule has 0 heterocycles. The summed E-state index contributed by atoms with van der Waals surface area (Å²) in [5.41, 5.74) is 3.31. The predicted octanol–water partition coefficient (Wildman–Crippen LogP) is 3.39. The maximum Gasteiger partial charge on any atom is 0.418 e. The molecule has 0 aliphatic carbocycles. The second kappa shape index (κ2) is 5.50. The largest absolute Gasteiger partial charge is 0.418 e. The van der Waals surface area contributed by atoms with Crippen LogP contribution in [0.5, 0.6) is 0 Å². The van der Waals surface area contributed by atoms with Gasteiger partial charge in [0.05, 0.1) is 16.7 Å². The molecule has 106 valence electrons. The molecule has 19 heavy (non-hydrogen) atoms. The lowest BCUT2D eigenvalue weighted by Gasteiger charge is -2.23. The summed E-state index contributed by atoms with van der Waals surface area (Å²) in [5, 5.41) is 2.28. The van der Waals surface area contributed by atoms with E-state index in [1.165, 1.54) is 12.1 Å². The molecule has 1 aromatic carbocycles. The van der Waals surface area contributed by atoms with Crippen molar-refractivity contribution in [2.75, 3.05) is 11.9 Å². The van der Waals surface area contributed by atoms with Crippen LogP contribution in [0.2, 0.25) is 0 Å². The number of amides is 1. The van der Waals surface area contributed by atoms with E-state index in [1.807, 2.05) is 0 Å². The maximum atomic E-state index is 12.9. The predicted molar refractivity (Wildman–Crippen MR) is 70.6 cm³/mol. The number of anilines is 1.